The summed E-state index contributed by atoms with van der Waals surface area (Å²) in [7, 11) is 3.00. The monoisotopic (exact) mass is 380 g/mol. The minimum absolute atomic E-state index is 0.256. The minimum Gasteiger partial charge on any atom is -0.465 e. The van der Waals surface area contributed by atoms with Gasteiger partial charge in [-0.2, -0.15) is 0 Å². The fourth-order valence-electron chi connectivity index (χ4n) is 2.41. The average molecular weight is 380 g/mol. The number of rotatable bonds is 7. The van der Waals surface area contributed by atoms with Gasteiger partial charge >= 0.3 is 12.0 Å². The summed E-state index contributed by atoms with van der Waals surface area (Å²) in [5.41, 5.74) is 2.56. The van der Waals surface area contributed by atoms with Crippen LogP contribution in [0.25, 0.3) is 0 Å². The molecule has 0 fully saturated rings. The van der Waals surface area contributed by atoms with Crippen molar-refractivity contribution in [2.24, 2.45) is 0 Å². The second-order valence-electron chi connectivity index (χ2n) is 5.98. The minimum atomic E-state index is -0.400. The van der Waals surface area contributed by atoms with E-state index in [0.29, 0.717) is 30.0 Å². The number of benzene rings is 2. The molecule has 28 heavy (non-hydrogen) atoms. The number of hydrogen-bond acceptors (Lipinski definition) is 4. The van der Waals surface area contributed by atoms with E-state index in [-0.39, 0.29) is 6.03 Å². The number of amides is 2. The number of carbonyl (C=O) groups is 2. The van der Waals surface area contributed by atoms with Crippen LogP contribution in [0, 0.1) is 11.8 Å². The van der Waals surface area contributed by atoms with Crippen LogP contribution in [0.3, 0.4) is 0 Å². The summed E-state index contributed by atoms with van der Waals surface area (Å²) in [6.45, 7) is 1.28. The van der Waals surface area contributed by atoms with E-state index in [1.165, 1.54) is 7.11 Å². The Hall–Kier alpha value is -3.30. The molecule has 2 amide bonds. The van der Waals surface area contributed by atoms with E-state index < -0.39 is 5.97 Å². The van der Waals surface area contributed by atoms with Crippen molar-refractivity contribution < 1.29 is 19.1 Å². The van der Waals surface area contributed by atoms with Gasteiger partial charge in [-0.05, 0) is 49.2 Å². The smallest absolute Gasteiger partial charge is 0.337 e. The van der Waals surface area contributed by atoms with Gasteiger partial charge in [0.1, 0.15) is 0 Å². The van der Waals surface area contributed by atoms with Crippen LogP contribution in [0.15, 0.2) is 48.5 Å². The van der Waals surface area contributed by atoms with Crippen LogP contribution in [0.1, 0.15) is 34.3 Å². The lowest BCUT2D eigenvalue weighted by molar-refractivity contribution is 0.0600. The van der Waals surface area contributed by atoms with E-state index in [2.05, 4.69) is 22.5 Å². The van der Waals surface area contributed by atoms with Crippen LogP contribution in [0.5, 0.6) is 0 Å². The number of unbranched alkanes of at least 4 members (excludes halogenated alkanes) is 1. The Balaban J connectivity index is 1.96. The van der Waals surface area contributed by atoms with E-state index in [1.54, 1.807) is 37.4 Å². The molecule has 0 aliphatic rings. The van der Waals surface area contributed by atoms with Crippen molar-refractivity contribution in [2.45, 2.75) is 12.8 Å². The van der Waals surface area contributed by atoms with Crippen LogP contribution >= 0.6 is 0 Å². The van der Waals surface area contributed by atoms with Gasteiger partial charge in [-0.25, -0.2) is 9.59 Å². The predicted molar refractivity (Wildman–Crippen MR) is 108 cm³/mol. The molecule has 2 rings (SSSR count). The molecule has 0 bridgehead atoms. The maximum atomic E-state index is 11.9. The third-order valence-corrected chi connectivity index (χ3v) is 3.82. The summed E-state index contributed by atoms with van der Waals surface area (Å²) >= 11 is 0. The number of nitrogens with one attached hydrogen (secondary N) is 2. The Morgan fingerprint density at radius 2 is 1.68 bits per heavy atom. The fraction of sp³-hybridized carbons (Fsp3) is 0.273. The highest BCUT2D eigenvalue weighted by atomic mass is 16.5. The summed E-state index contributed by atoms with van der Waals surface area (Å²) in [5.74, 6) is 5.65. The van der Waals surface area contributed by atoms with Crippen LogP contribution in [-0.2, 0) is 9.47 Å². The first-order chi connectivity index (χ1) is 13.6. The first kappa shape index (κ1) is 21.0. The summed E-state index contributed by atoms with van der Waals surface area (Å²) < 4.78 is 9.69. The molecule has 6 heteroatoms. The largest absolute Gasteiger partial charge is 0.465 e. The molecule has 0 heterocycles. The fourth-order valence-corrected chi connectivity index (χ4v) is 2.41. The quantitative estimate of drug-likeness (QED) is 0.438. The molecule has 0 aliphatic carbocycles. The molecule has 2 N–H and O–H groups in total. The van der Waals surface area contributed by atoms with Crippen LogP contribution in [-0.4, -0.2) is 39.4 Å². The number of ether oxygens (including phenoxy) is 2. The maximum Gasteiger partial charge on any atom is 0.337 e. The van der Waals surface area contributed by atoms with Crippen molar-refractivity contribution in [3.8, 4) is 11.8 Å². The molecule has 0 aliphatic heterocycles. The van der Waals surface area contributed by atoms with Crippen LogP contribution < -0.4 is 10.6 Å². The van der Waals surface area contributed by atoms with E-state index in [9.17, 15) is 9.59 Å². The molecule has 0 aromatic heterocycles. The summed E-state index contributed by atoms with van der Waals surface area (Å²) in [5, 5.41) is 5.60. The van der Waals surface area contributed by atoms with E-state index in [0.717, 1.165) is 18.4 Å². The molecule has 0 radical (unpaired) electrons. The molecular formula is C22H24N2O4. The first-order valence-corrected chi connectivity index (χ1v) is 8.96. The number of anilines is 1. The topological polar surface area (TPSA) is 76.7 Å². The number of urea groups is 1. The Kier molecular flexibility index (Phi) is 8.57. The average Bonchev–Trinajstić information content (AvgIpc) is 2.72. The summed E-state index contributed by atoms with van der Waals surface area (Å²) in [6, 6.07) is 13.9. The molecule has 2 aromatic rings. The molecule has 146 valence electrons. The van der Waals surface area contributed by atoms with Crippen molar-refractivity contribution in [1.82, 2.24) is 5.32 Å². The van der Waals surface area contributed by atoms with Gasteiger partial charge < -0.3 is 20.1 Å². The third kappa shape index (κ3) is 7.14. The molecule has 2 aromatic carbocycles. The number of esters is 1. The Morgan fingerprint density at radius 3 is 2.39 bits per heavy atom. The molecule has 0 saturated carbocycles. The van der Waals surface area contributed by atoms with E-state index >= 15 is 0 Å². The summed E-state index contributed by atoms with van der Waals surface area (Å²) in [6.07, 6.45) is 1.76. The van der Waals surface area contributed by atoms with Gasteiger partial charge in [-0.15, -0.1) is 0 Å². The number of methoxy groups -OCH3 is 2. The van der Waals surface area contributed by atoms with Gasteiger partial charge in [0.2, 0.25) is 0 Å². The molecule has 6 nitrogen and oxygen atoms in total. The molecule has 0 unspecified atom stereocenters. The van der Waals surface area contributed by atoms with Gasteiger partial charge in [0.05, 0.1) is 12.7 Å². The SMILES string of the molecule is COCCCCNC(=O)Nc1cccc(C#Cc2cccc(C(=O)OC)c2)c1. The predicted octanol–water partition coefficient (Wildman–Crippen LogP) is 3.42. The second-order valence-corrected chi connectivity index (χ2v) is 5.98. The lowest BCUT2D eigenvalue weighted by atomic mass is 10.1. The van der Waals surface area contributed by atoms with Gasteiger partial charge in [-0.1, -0.05) is 24.0 Å². The highest BCUT2D eigenvalue weighted by Gasteiger charge is 2.04. The Bertz CT molecular complexity index is 868. The van der Waals surface area contributed by atoms with Gasteiger partial charge in [0, 0.05) is 37.1 Å². The zero-order valence-electron chi connectivity index (χ0n) is 16.1. The van der Waals surface area contributed by atoms with Crippen LogP contribution in [0.4, 0.5) is 10.5 Å². The highest BCUT2D eigenvalue weighted by molar-refractivity contribution is 5.90. The Morgan fingerprint density at radius 1 is 0.964 bits per heavy atom. The Labute approximate surface area is 165 Å². The van der Waals surface area contributed by atoms with E-state index in [1.807, 2.05) is 18.2 Å². The van der Waals surface area contributed by atoms with E-state index in [4.69, 9.17) is 9.47 Å². The first-order valence-electron chi connectivity index (χ1n) is 8.96. The number of hydrogen-bond donors (Lipinski definition) is 2. The molecule has 0 spiro atoms. The number of carbonyl (C=O) groups excluding carboxylic acids is 2. The second kappa shape index (κ2) is 11.4. The van der Waals surface area contributed by atoms with Crippen molar-refractivity contribution in [1.29, 1.82) is 0 Å². The standard InChI is InChI=1S/C22H24N2O4/c1-27-14-4-3-13-23-22(26)24-20-10-6-8-18(16-20)12-11-17-7-5-9-19(15-17)21(25)28-2/h5-10,15-16H,3-4,13-14H2,1-2H3,(H2,23,24,26). The zero-order chi connectivity index (χ0) is 20.2. The lowest BCUT2D eigenvalue weighted by Gasteiger charge is -2.07. The molecule has 0 atom stereocenters. The van der Waals surface area contributed by atoms with Gasteiger partial charge in [0.15, 0.2) is 0 Å². The van der Waals surface area contributed by atoms with Crippen molar-refractivity contribution in [3.05, 3.63) is 65.2 Å². The molecular weight excluding hydrogens is 356 g/mol. The van der Waals surface area contributed by atoms with Crippen molar-refractivity contribution >= 4 is 17.7 Å². The zero-order valence-corrected chi connectivity index (χ0v) is 16.1. The third-order valence-electron chi connectivity index (χ3n) is 3.82. The normalized spacial score (nSPS) is 9.79. The summed E-state index contributed by atoms with van der Waals surface area (Å²) in [4.78, 5) is 23.5. The van der Waals surface area contributed by atoms with Crippen molar-refractivity contribution in [2.75, 3.05) is 32.7 Å². The highest BCUT2D eigenvalue weighted by Crippen LogP contribution is 2.10. The van der Waals surface area contributed by atoms with Gasteiger partial charge in [0.25, 0.3) is 0 Å². The van der Waals surface area contributed by atoms with Crippen LogP contribution in [0.2, 0.25) is 0 Å². The molecule has 0 saturated heterocycles. The maximum absolute atomic E-state index is 11.9. The van der Waals surface area contributed by atoms with Crippen molar-refractivity contribution in [3.63, 3.8) is 0 Å². The lowest BCUT2D eigenvalue weighted by Crippen LogP contribution is -2.29. The van der Waals surface area contributed by atoms with Gasteiger partial charge in [-0.3, -0.25) is 0 Å².